The quantitative estimate of drug-likeness (QED) is 0.820. The third kappa shape index (κ3) is 3.58. The van der Waals surface area contributed by atoms with Crippen LogP contribution in [0.2, 0.25) is 0 Å². The van der Waals surface area contributed by atoms with Crippen molar-refractivity contribution in [2.24, 2.45) is 0 Å². The van der Waals surface area contributed by atoms with Crippen molar-refractivity contribution in [1.82, 2.24) is 10.6 Å². The number of urea groups is 1. The van der Waals surface area contributed by atoms with Gasteiger partial charge in [-0.15, -0.1) is 11.3 Å². The molecule has 130 valence electrons. The van der Waals surface area contributed by atoms with Crippen LogP contribution in [0.5, 0.6) is 0 Å². The molecule has 25 heavy (non-hydrogen) atoms. The van der Waals surface area contributed by atoms with Crippen molar-refractivity contribution in [1.29, 1.82) is 0 Å². The molecule has 1 aliphatic rings. The Bertz CT molecular complexity index is 824. The van der Waals surface area contributed by atoms with Crippen molar-refractivity contribution in [3.05, 3.63) is 63.4 Å². The number of aryl methyl sites for hydroxylation is 1. The Kier molecular flexibility index (Phi) is 4.90. The van der Waals surface area contributed by atoms with E-state index in [1.165, 1.54) is 11.3 Å². The first kappa shape index (κ1) is 17.2. The fourth-order valence-electron chi connectivity index (χ4n) is 2.77. The van der Waals surface area contributed by atoms with Crippen LogP contribution in [0.1, 0.15) is 35.9 Å². The van der Waals surface area contributed by atoms with Gasteiger partial charge in [0, 0.05) is 4.88 Å². The molecule has 2 heterocycles. The van der Waals surface area contributed by atoms with E-state index in [9.17, 15) is 9.59 Å². The van der Waals surface area contributed by atoms with E-state index in [0.717, 1.165) is 16.0 Å². The van der Waals surface area contributed by atoms with Crippen LogP contribution in [-0.2, 0) is 9.53 Å². The van der Waals surface area contributed by atoms with Crippen molar-refractivity contribution in [3.8, 4) is 0 Å². The molecule has 0 saturated carbocycles. The van der Waals surface area contributed by atoms with Crippen molar-refractivity contribution in [2.45, 2.75) is 32.9 Å². The van der Waals surface area contributed by atoms with E-state index in [1.54, 1.807) is 13.8 Å². The highest BCUT2D eigenvalue weighted by Gasteiger charge is 2.35. The van der Waals surface area contributed by atoms with Crippen LogP contribution in [0.15, 0.2) is 47.4 Å². The zero-order chi connectivity index (χ0) is 18.0. The third-order valence-electron chi connectivity index (χ3n) is 3.86. The second-order valence-corrected chi connectivity index (χ2v) is 7.06. The lowest BCUT2D eigenvalue weighted by atomic mass is 9.95. The van der Waals surface area contributed by atoms with Gasteiger partial charge in [0.2, 0.25) is 0 Å². The van der Waals surface area contributed by atoms with Gasteiger partial charge in [-0.1, -0.05) is 30.3 Å². The van der Waals surface area contributed by atoms with Crippen LogP contribution in [0.3, 0.4) is 0 Å². The summed E-state index contributed by atoms with van der Waals surface area (Å²) in [5.74, 6) is -0.431. The topological polar surface area (TPSA) is 67.4 Å². The average Bonchev–Trinajstić information content (AvgIpc) is 3.00. The summed E-state index contributed by atoms with van der Waals surface area (Å²) in [4.78, 5) is 26.0. The van der Waals surface area contributed by atoms with Gasteiger partial charge in [0.1, 0.15) is 0 Å². The number of carbonyl (C=O) groups excluding carboxylic acids is 2. The van der Waals surface area contributed by atoms with Gasteiger partial charge >= 0.3 is 12.0 Å². The number of hydrogen-bond acceptors (Lipinski definition) is 4. The first-order chi connectivity index (χ1) is 12.0. The summed E-state index contributed by atoms with van der Waals surface area (Å²) in [5, 5.41) is 7.60. The second-order valence-electron chi connectivity index (χ2n) is 6.11. The Morgan fingerprint density at radius 3 is 2.52 bits per heavy atom. The van der Waals surface area contributed by atoms with Crippen LogP contribution in [0.25, 0.3) is 5.70 Å². The highest BCUT2D eigenvalue weighted by Crippen LogP contribution is 2.35. The maximum absolute atomic E-state index is 12.8. The number of carbonyl (C=O) groups is 2. The Labute approximate surface area is 150 Å². The summed E-state index contributed by atoms with van der Waals surface area (Å²) in [6, 6.07) is 10.5. The largest absolute Gasteiger partial charge is 0.459 e. The van der Waals surface area contributed by atoms with E-state index in [-0.39, 0.29) is 12.1 Å². The molecule has 2 N–H and O–H groups in total. The molecular formula is C19H20N2O3S. The van der Waals surface area contributed by atoms with Gasteiger partial charge in [0.05, 0.1) is 23.4 Å². The maximum Gasteiger partial charge on any atom is 0.338 e. The molecule has 2 aromatic rings. The van der Waals surface area contributed by atoms with E-state index in [1.807, 2.05) is 48.7 Å². The molecule has 3 rings (SSSR count). The number of nitrogens with one attached hydrogen (secondary N) is 2. The summed E-state index contributed by atoms with van der Waals surface area (Å²) >= 11 is 1.51. The van der Waals surface area contributed by atoms with Crippen LogP contribution in [-0.4, -0.2) is 18.1 Å². The van der Waals surface area contributed by atoms with Gasteiger partial charge in [0.25, 0.3) is 0 Å². The molecule has 0 saturated heterocycles. The van der Waals surface area contributed by atoms with E-state index < -0.39 is 12.0 Å². The molecule has 1 unspecified atom stereocenters. The molecule has 0 spiro atoms. The Balaban J connectivity index is 2.18. The molecule has 0 radical (unpaired) electrons. The first-order valence-corrected chi connectivity index (χ1v) is 8.97. The van der Waals surface area contributed by atoms with Crippen LogP contribution < -0.4 is 10.6 Å². The standard InChI is InChI=1S/C19H20N2O3S/c1-11(2)24-18(22)14-15(13-7-5-4-6-8-13)20-19(23)21-16(14)17-12(3)9-10-25-17/h4-11,16H,1-3H3,(H2,20,21,23). The first-order valence-electron chi connectivity index (χ1n) is 8.09. The maximum atomic E-state index is 12.8. The summed E-state index contributed by atoms with van der Waals surface area (Å²) in [5.41, 5.74) is 2.71. The predicted octanol–water partition coefficient (Wildman–Crippen LogP) is 3.77. The summed E-state index contributed by atoms with van der Waals surface area (Å²) in [6.07, 6.45) is -0.250. The average molecular weight is 356 g/mol. The molecule has 0 aliphatic carbocycles. The second kappa shape index (κ2) is 7.11. The van der Waals surface area contributed by atoms with Crippen molar-refractivity contribution in [2.75, 3.05) is 0 Å². The van der Waals surface area contributed by atoms with Crippen molar-refractivity contribution < 1.29 is 14.3 Å². The lowest BCUT2D eigenvalue weighted by molar-refractivity contribution is -0.143. The van der Waals surface area contributed by atoms with Crippen molar-refractivity contribution in [3.63, 3.8) is 0 Å². The monoisotopic (exact) mass is 356 g/mol. The predicted molar refractivity (Wildman–Crippen MR) is 98.1 cm³/mol. The number of ether oxygens (including phenoxy) is 1. The number of benzene rings is 1. The molecule has 1 atom stereocenters. The van der Waals surface area contributed by atoms with E-state index in [2.05, 4.69) is 10.6 Å². The normalized spacial score (nSPS) is 17.3. The minimum absolute atomic E-state index is 0.250. The highest BCUT2D eigenvalue weighted by molar-refractivity contribution is 7.10. The number of hydrogen-bond donors (Lipinski definition) is 2. The Morgan fingerprint density at radius 1 is 1.20 bits per heavy atom. The number of amides is 2. The van der Waals surface area contributed by atoms with Crippen LogP contribution in [0, 0.1) is 6.92 Å². The van der Waals surface area contributed by atoms with E-state index in [0.29, 0.717) is 11.3 Å². The molecule has 0 fully saturated rings. The van der Waals surface area contributed by atoms with Crippen molar-refractivity contribution >= 4 is 29.0 Å². The van der Waals surface area contributed by atoms with Gasteiger partial charge in [-0.2, -0.15) is 0 Å². The Morgan fingerprint density at radius 2 is 1.92 bits per heavy atom. The SMILES string of the molecule is Cc1ccsc1C1NC(=O)NC(c2ccccc2)=C1C(=O)OC(C)C. The van der Waals surface area contributed by atoms with Gasteiger partial charge in [0.15, 0.2) is 0 Å². The lowest BCUT2D eigenvalue weighted by Crippen LogP contribution is -2.45. The zero-order valence-electron chi connectivity index (χ0n) is 14.3. The minimum atomic E-state index is -0.532. The summed E-state index contributed by atoms with van der Waals surface area (Å²) in [7, 11) is 0. The lowest BCUT2D eigenvalue weighted by Gasteiger charge is -2.29. The van der Waals surface area contributed by atoms with Gasteiger partial charge < -0.3 is 15.4 Å². The molecular weight excluding hydrogens is 336 g/mol. The number of thiophene rings is 1. The molecule has 1 aromatic carbocycles. The van der Waals surface area contributed by atoms with Crippen LogP contribution >= 0.6 is 11.3 Å². The molecule has 5 nitrogen and oxygen atoms in total. The third-order valence-corrected chi connectivity index (χ3v) is 4.94. The molecule has 1 aromatic heterocycles. The van der Waals surface area contributed by atoms with Gasteiger partial charge in [-0.3, -0.25) is 0 Å². The summed E-state index contributed by atoms with van der Waals surface area (Å²) < 4.78 is 5.46. The smallest absolute Gasteiger partial charge is 0.338 e. The Hall–Kier alpha value is -2.60. The summed E-state index contributed by atoms with van der Waals surface area (Å²) in [6.45, 7) is 5.58. The van der Waals surface area contributed by atoms with Crippen LogP contribution in [0.4, 0.5) is 4.79 Å². The number of rotatable bonds is 4. The molecule has 6 heteroatoms. The van der Waals surface area contributed by atoms with E-state index >= 15 is 0 Å². The fourth-order valence-corrected chi connectivity index (χ4v) is 3.76. The molecule has 0 bridgehead atoms. The van der Waals surface area contributed by atoms with E-state index in [4.69, 9.17) is 4.74 Å². The number of esters is 1. The highest BCUT2D eigenvalue weighted by atomic mass is 32.1. The zero-order valence-corrected chi connectivity index (χ0v) is 15.1. The molecule has 1 aliphatic heterocycles. The fraction of sp³-hybridized carbons (Fsp3) is 0.263. The van der Waals surface area contributed by atoms with Gasteiger partial charge in [-0.25, -0.2) is 9.59 Å². The minimum Gasteiger partial charge on any atom is -0.459 e. The van der Waals surface area contributed by atoms with Gasteiger partial charge in [-0.05, 0) is 43.3 Å². The molecule has 2 amide bonds.